The third-order valence-corrected chi connectivity index (χ3v) is 6.50. The summed E-state index contributed by atoms with van der Waals surface area (Å²) < 4.78 is 0. The number of carbonyl (C=O) groups is 2. The molecule has 5 heteroatoms. The normalized spacial score (nSPS) is 14.4. The van der Waals surface area contributed by atoms with E-state index in [-0.39, 0.29) is 28.7 Å². The Balaban J connectivity index is 1.39. The highest BCUT2D eigenvalue weighted by Gasteiger charge is 2.29. The van der Waals surface area contributed by atoms with Crippen LogP contribution in [0.4, 0.5) is 0 Å². The van der Waals surface area contributed by atoms with Crippen LogP contribution in [0.25, 0.3) is 11.3 Å². The predicted molar refractivity (Wildman–Crippen MR) is 135 cm³/mol. The number of rotatable bonds is 6. The molecule has 0 atom stereocenters. The molecule has 1 N–H and O–H groups in total. The average molecular weight is 457 g/mol. The zero-order chi connectivity index (χ0) is 24.2. The van der Waals surface area contributed by atoms with Crippen molar-refractivity contribution in [3.05, 3.63) is 93.3 Å². The maximum atomic E-state index is 13.0. The van der Waals surface area contributed by atoms with Gasteiger partial charge in [0.25, 0.3) is 11.5 Å². The quantitative estimate of drug-likeness (QED) is 0.513. The molecule has 0 spiro atoms. The van der Waals surface area contributed by atoms with Gasteiger partial charge in [-0.15, -0.1) is 0 Å². The Labute approximate surface area is 200 Å². The fraction of sp³-hybridized carbons (Fsp3) is 0.345. The minimum Gasteiger partial charge on any atom is -0.338 e. The molecule has 3 aromatic rings. The number of aromatic amines is 1. The van der Waals surface area contributed by atoms with E-state index < -0.39 is 0 Å². The van der Waals surface area contributed by atoms with Crippen molar-refractivity contribution in [2.45, 2.75) is 40.0 Å². The average Bonchev–Trinajstić information content (AvgIpc) is 2.83. The van der Waals surface area contributed by atoms with E-state index in [1.807, 2.05) is 55.5 Å². The first kappa shape index (κ1) is 23.7. The summed E-state index contributed by atoms with van der Waals surface area (Å²) in [7, 11) is 0. The summed E-state index contributed by atoms with van der Waals surface area (Å²) in [6.07, 6.45) is 2.22. The lowest BCUT2D eigenvalue weighted by molar-refractivity contribution is 0.0649. The van der Waals surface area contributed by atoms with E-state index >= 15 is 0 Å². The fourth-order valence-corrected chi connectivity index (χ4v) is 4.65. The van der Waals surface area contributed by atoms with Gasteiger partial charge < -0.3 is 9.88 Å². The lowest BCUT2D eigenvalue weighted by Gasteiger charge is -2.31. The van der Waals surface area contributed by atoms with Crippen LogP contribution in [0.1, 0.15) is 58.5 Å². The van der Waals surface area contributed by atoms with Gasteiger partial charge in [-0.3, -0.25) is 14.4 Å². The SMILES string of the molecule is Cc1cccc(-c2ccc(C(=O)N3CCC(C(=O)c4ccc(CC(C)C)cc4)CC3)c(=O)[nH]2)c1. The van der Waals surface area contributed by atoms with Gasteiger partial charge in [-0.05, 0) is 61.4 Å². The molecule has 4 rings (SSSR count). The fourth-order valence-electron chi connectivity index (χ4n) is 4.65. The number of nitrogens with one attached hydrogen (secondary N) is 1. The Morgan fingerprint density at radius 3 is 2.32 bits per heavy atom. The smallest absolute Gasteiger partial charge is 0.261 e. The number of likely N-dealkylation sites (tertiary alicyclic amines) is 1. The standard InChI is InChI=1S/C29H32N2O3/c1-19(2)17-21-7-9-22(10-8-21)27(32)23-13-15-31(16-14-23)29(34)25-11-12-26(30-28(25)33)24-6-4-5-20(3)18-24/h4-12,18-19,23H,13-17H2,1-3H3,(H,30,33). The van der Waals surface area contributed by atoms with Gasteiger partial charge >= 0.3 is 0 Å². The van der Waals surface area contributed by atoms with E-state index in [0.717, 1.165) is 23.1 Å². The molecule has 0 bridgehead atoms. The number of nitrogens with zero attached hydrogens (tertiary/aromatic N) is 1. The van der Waals surface area contributed by atoms with Crippen LogP contribution >= 0.6 is 0 Å². The molecule has 1 amide bonds. The lowest BCUT2D eigenvalue weighted by Crippen LogP contribution is -2.42. The molecule has 176 valence electrons. The molecule has 1 aromatic heterocycles. The number of piperidine rings is 1. The highest BCUT2D eigenvalue weighted by Crippen LogP contribution is 2.24. The summed E-state index contributed by atoms with van der Waals surface area (Å²) in [6.45, 7) is 7.30. The highest BCUT2D eigenvalue weighted by molar-refractivity contribution is 5.98. The number of amides is 1. The van der Waals surface area contributed by atoms with Crippen molar-refractivity contribution in [2.24, 2.45) is 11.8 Å². The highest BCUT2D eigenvalue weighted by atomic mass is 16.2. The number of carbonyl (C=O) groups excluding carboxylic acids is 2. The van der Waals surface area contributed by atoms with Crippen LogP contribution in [0, 0.1) is 18.8 Å². The minimum absolute atomic E-state index is 0.0954. The van der Waals surface area contributed by atoms with Crippen molar-refractivity contribution >= 4 is 11.7 Å². The van der Waals surface area contributed by atoms with Crippen LogP contribution in [0.3, 0.4) is 0 Å². The van der Waals surface area contributed by atoms with E-state index in [9.17, 15) is 14.4 Å². The van der Waals surface area contributed by atoms with Crippen molar-refractivity contribution in [1.82, 2.24) is 9.88 Å². The van der Waals surface area contributed by atoms with Crippen LogP contribution in [-0.4, -0.2) is 34.7 Å². The van der Waals surface area contributed by atoms with E-state index in [2.05, 4.69) is 18.8 Å². The summed E-state index contributed by atoms with van der Waals surface area (Å²) in [5.41, 5.74) is 4.43. The number of aromatic nitrogens is 1. The largest absolute Gasteiger partial charge is 0.338 e. The first-order valence-corrected chi connectivity index (χ1v) is 12.0. The van der Waals surface area contributed by atoms with Gasteiger partial charge in [-0.1, -0.05) is 61.9 Å². The van der Waals surface area contributed by atoms with E-state index in [4.69, 9.17) is 0 Å². The number of Topliss-reactive ketones (excluding diaryl/α,β-unsaturated/α-hetero) is 1. The van der Waals surface area contributed by atoms with Gasteiger partial charge in [0, 0.05) is 30.3 Å². The van der Waals surface area contributed by atoms with E-state index in [0.29, 0.717) is 37.5 Å². The molecular formula is C29H32N2O3. The lowest BCUT2D eigenvalue weighted by atomic mass is 9.88. The molecule has 0 radical (unpaired) electrons. The number of pyridine rings is 1. The van der Waals surface area contributed by atoms with Crippen molar-refractivity contribution in [2.75, 3.05) is 13.1 Å². The Bertz CT molecular complexity index is 1230. The van der Waals surface area contributed by atoms with Gasteiger partial charge in [-0.25, -0.2) is 0 Å². The Kier molecular flexibility index (Phi) is 7.11. The molecule has 2 heterocycles. The summed E-state index contributed by atoms with van der Waals surface area (Å²) in [5, 5.41) is 0. The van der Waals surface area contributed by atoms with Gasteiger partial charge in [0.15, 0.2) is 5.78 Å². The molecule has 1 aliphatic heterocycles. The van der Waals surface area contributed by atoms with Crippen molar-refractivity contribution in [1.29, 1.82) is 0 Å². The second kappa shape index (κ2) is 10.2. The summed E-state index contributed by atoms with van der Waals surface area (Å²) >= 11 is 0. The van der Waals surface area contributed by atoms with Crippen molar-refractivity contribution < 1.29 is 9.59 Å². The third-order valence-electron chi connectivity index (χ3n) is 6.50. The number of hydrogen-bond donors (Lipinski definition) is 1. The van der Waals surface area contributed by atoms with Crippen LogP contribution in [0.2, 0.25) is 0 Å². The van der Waals surface area contributed by atoms with Gasteiger partial charge in [0.2, 0.25) is 0 Å². The second-order valence-electron chi connectivity index (χ2n) is 9.71. The van der Waals surface area contributed by atoms with Gasteiger partial charge in [0.05, 0.1) is 0 Å². The molecule has 2 aromatic carbocycles. The van der Waals surface area contributed by atoms with Crippen molar-refractivity contribution in [3.63, 3.8) is 0 Å². The van der Waals surface area contributed by atoms with E-state index in [1.165, 1.54) is 5.56 Å². The maximum Gasteiger partial charge on any atom is 0.261 e. The predicted octanol–water partition coefficient (Wildman–Crippen LogP) is 5.28. The molecule has 0 saturated carbocycles. The van der Waals surface area contributed by atoms with Crippen LogP contribution in [-0.2, 0) is 6.42 Å². The number of benzene rings is 2. The third kappa shape index (κ3) is 5.36. The molecular weight excluding hydrogens is 424 g/mol. The molecule has 1 aliphatic rings. The maximum absolute atomic E-state index is 13.0. The number of ketones is 1. The van der Waals surface area contributed by atoms with Gasteiger partial charge in [-0.2, -0.15) is 0 Å². The zero-order valence-electron chi connectivity index (χ0n) is 20.1. The first-order valence-electron chi connectivity index (χ1n) is 12.0. The molecule has 34 heavy (non-hydrogen) atoms. The number of hydrogen-bond acceptors (Lipinski definition) is 3. The number of H-pyrrole nitrogens is 1. The molecule has 0 unspecified atom stereocenters. The zero-order valence-corrected chi connectivity index (χ0v) is 20.1. The summed E-state index contributed by atoms with van der Waals surface area (Å²) in [5.74, 6) is 0.348. The molecule has 5 nitrogen and oxygen atoms in total. The number of aryl methyl sites for hydroxylation is 1. The van der Waals surface area contributed by atoms with Crippen molar-refractivity contribution in [3.8, 4) is 11.3 Å². The monoisotopic (exact) mass is 456 g/mol. The van der Waals surface area contributed by atoms with Gasteiger partial charge in [0.1, 0.15) is 5.56 Å². The molecule has 1 saturated heterocycles. The topological polar surface area (TPSA) is 70.2 Å². The molecule has 1 fully saturated rings. The van der Waals surface area contributed by atoms with Crippen LogP contribution in [0.5, 0.6) is 0 Å². The molecule has 0 aliphatic carbocycles. The first-order chi connectivity index (χ1) is 16.3. The summed E-state index contributed by atoms with van der Waals surface area (Å²) in [4.78, 5) is 43.2. The van der Waals surface area contributed by atoms with E-state index in [1.54, 1.807) is 17.0 Å². The second-order valence-corrected chi connectivity index (χ2v) is 9.71. The van der Waals surface area contributed by atoms with Crippen LogP contribution < -0.4 is 5.56 Å². The summed E-state index contributed by atoms with van der Waals surface area (Å²) in [6, 6.07) is 19.2. The Morgan fingerprint density at radius 2 is 1.71 bits per heavy atom. The Morgan fingerprint density at radius 1 is 1.00 bits per heavy atom. The Hall–Kier alpha value is -3.47. The van der Waals surface area contributed by atoms with Crippen LogP contribution in [0.15, 0.2) is 65.5 Å². The minimum atomic E-state index is -0.385.